The number of carbonyl (C=O) groups excluding carboxylic acids is 4. The molecule has 6 N–H and O–H groups in total. The second-order valence-electron chi connectivity index (χ2n) is 15.0. The fourth-order valence-electron chi connectivity index (χ4n) is 5.98. The summed E-state index contributed by atoms with van der Waals surface area (Å²) in [6, 6.07) is 6.11. The Hall–Kier alpha value is -5.56. The molecule has 0 spiro atoms. The number of carbonyl (C=O) groups is 4. The van der Waals surface area contributed by atoms with Gasteiger partial charge in [0.05, 0.1) is 45.7 Å². The first-order valence-corrected chi connectivity index (χ1v) is 21.0. The van der Waals surface area contributed by atoms with Gasteiger partial charge in [-0.25, -0.2) is 4.98 Å². The Morgan fingerprint density at radius 1 is 0.836 bits per heavy atom. The van der Waals surface area contributed by atoms with E-state index in [1.165, 1.54) is 0 Å². The van der Waals surface area contributed by atoms with E-state index >= 15 is 0 Å². The fraction of sp³-hybridized carbons (Fsp3) is 0.634. The van der Waals surface area contributed by atoms with Crippen molar-refractivity contribution < 1.29 is 38.1 Å². The molecule has 0 saturated carbocycles. The zero-order valence-corrected chi connectivity index (χ0v) is 36.4. The fourth-order valence-corrected chi connectivity index (χ4v) is 5.98. The summed E-state index contributed by atoms with van der Waals surface area (Å²) in [7, 11) is 0. The van der Waals surface area contributed by atoms with Gasteiger partial charge in [-0.1, -0.05) is 56.6 Å². The van der Waals surface area contributed by atoms with Crippen molar-refractivity contribution in [3.63, 3.8) is 0 Å². The summed E-state index contributed by atoms with van der Waals surface area (Å²) in [5.74, 6) is -0.186. The predicted octanol–water partition coefficient (Wildman–Crippen LogP) is 3.49. The number of ether oxygens (including phenoxy) is 4. The second kappa shape index (κ2) is 27.3. The number of nitrogens with one attached hydrogen (secondary N) is 4. The molecule has 0 fully saturated rings. The number of benzene rings is 1. The minimum atomic E-state index is -0.867. The van der Waals surface area contributed by atoms with Crippen LogP contribution in [-0.4, -0.2) is 114 Å². The van der Waals surface area contributed by atoms with Gasteiger partial charge in [0.1, 0.15) is 28.9 Å². The van der Waals surface area contributed by atoms with Gasteiger partial charge in [-0.15, -0.1) is 10.2 Å². The number of amides is 4. The molecule has 336 valence electrons. The van der Waals surface area contributed by atoms with E-state index in [-0.39, 0.29) is 61.5 Å². The van der Waals surface area contributed by atoms with E-state index in [1.54, 1.807) is 20.8 Å². The monoisotopic (exact) mass is 852 g/mol. The molecular weight excluding hydrogens is 789 g/mol. The molecule has 2 aromatic heterocycles. The van der Waals surface area contributed by atoms with Crippen LogP contribution in [0.5, 0.6) is 5.88 Å². The Balaban J connectivity index is 1.39. The topological polar surface area (TPSA) is 272 Å². The minimum absolute atomic E-state index is 0.0533. The molecule has 0 radical (unpaired) electrons. The van der Waals surface area contributed by atoms with Gasteiger partial charge < -0.3 is 50.5 Å². The zero-order valence-electron chi connectivity index (χ0n) is 36.4. The number of unbranched alkanes of at least 4 members (excludes halogenated alkanes) is 1. The van der Waals surface area contributed by atoms with Crippen molar-refractivity contribution >= 4 is 40.5 Å². The maximum absolute atomic E-state index is 13.2. The first-order valence-electron chi connectivity index (χ1n) is 21.0. The number of hydrogen-bond donors (Lipinski definition) is 5. The van der Waals surface area contributed by atoms with Crippen LogP contribution in [0.15, 0.2) is 29.4 Å². The second-order valence-corrected chi connectivity index (χ2v) is 15.0. The number of anilines is 1. The molecule has 0 unspecified atom stereocenters. The number of nitrogens with two attached hydrogens (primary N) is 1. The maximum Gasteiger partial charge on any atom is 0.260 e. The molecule has 4 amide bonds. The van der Waals surface area contributed by atoms with Crippen LogP contribution in [0.1, 0.15) is 90.6 Å². The van der Waals surface area contributed by atoms with E-state index in [1.807, 2.05) is 38.1 Å². The highest BCUT2D eigenvalue weighted by Gasteiger charge is 2.27. The van der Waals surface area contributed by atoms with Gasteiger partial charge in [0.2, 0.25) is 23.6 Å². The summed E-state index contributed by atoms with van der Waals surface area (Å²) < 4.78 is 24.1. The highest BCUT2D eigenvalue weighted by Crippen LogP contribution is 2.29. The van der Waals surface area contributed by atoms with Crippen LogP contribution in [0.3, 0.4) is 0 Å². The third-order valence-corrected chi connectivity index (χ3v) is 9.21. The summed E-state index contributed by atoms with van der Waals surface area (Å²) in [5.41, 5.74) is 17.5. The SMILES string of the molecule is CCCCc1nc2c(N)nnc(OC(C)C)c2n1Cc1ccc(CNC(=O)[C@H](C)NC(=O)[C@@H](NC(=O)CCCC(=O)NCCOCCOCCOCCN=[N+]=[N-])C(C)C)cc1. The van der Waals surface area contributed by atoms with Crippen LogP contribution < -0.4 is 31.7 Å². The maximum atomic E-state index is 13.2. The molecule has 2 heterocycles. The number of fused-ring (bicyclic) bond motifs is 1. The minimum Gasteiger partial charge on any atom is -0.472 e. The lowest BCUT2D eigenvalue weighted by Gasteiger charge is -2.24. The van der Waals surface area contributed by atoms with Crippen molar-refractivity contribution in [2.75, 3.05) is 58.5 Å². The molecule has 61 heavy (non-hydrogen) atoms. The summed E-state index contributed by atoms with van der Waals surface area (Å²) >= 11 is 0. The normalized spacial score (nSPS) is 12.2. The molecule has 0 aliphatic rings. The first kappa shape index (κ1) is 49.8. The molecule has 20 nitrogen and oxygen atoms in total. The third-order valence-electron chi connectivity index (χ3n) is 9.21. The van der Waals surface area contributed by atoms with E-state index in [4.69, 9.17) is 35.2 Å². The van der Waals surface area contributed by atoms with Gasteiger partial charge >= 0.3 is 0 Å². The summed E-state index contributed by atoms with van der Waals surface area (Å²) in [6.07, 6.45) is 3.09. The van der Waals surface area contributed by atoms with Crippen molar-refractivity contribution in [1.29, 1.82) is 0 Å². The zero-order chi connectivity index (χ0) is 44.6. The molecule has 20 heteroatoms. The third kappa shape index (κ3) is 17.9. The summed E-state index contributed by atoms with van der Waals surface area (Å²) in [6.45, 7) is 14.6. The summed E-state index contributed by atoms with van der Waals surface area (Å²) in [4.78, 5) is 58.6. The number of nitrogens with zero attached hydrogens (tertiary/aromatic N) is 7. The van der Waals surface area contributed by atoms with Crippen molar-refractivity contribution in [3.05, 3.63) is 51.7 Å². The van der Waals surface area contributed by atoms with E-state index in [0.717, 1.165) is 36.2 Å². The average molecular weight is 853 g/mol. The Bertz CT molecular complexity index is 1880. The molecule has 2 atom stereocenters. The highest BCUT2D eigenvalue weighted by molar-refractivity contribution is 5.92. The van der Waals surface area contributed by atoms with Crippen LogP contribution >= 0.6 is 0 Å². The molecule has 1 aromatic carbocycles. The van der Waals surface area contributed by atoms with Gasteiger partial charge in [-0.3, -0.25) is 19.2 Å². The first-order chi connectivity index (χ1) is 29.3. The molecule has 0 aliphatic heterocycles. The molecule has 0 aliphatic carbocycles. The smallest absolute Gasteiger partial charge is 0.260 e. The lowest BCUT2D eigenvalue weighted by atomic mass is 10.0. The molecular formula is C41H64N12O8. The van der Waals surface area contributed by atoms with Crippen molar-refractivity contribution in [2.24, 2.45) is 11.0 Å². The Morgan fingerprint density at radius 2 is 1.49 bits per heavy atom. The highest BCUT2D eigenvalue weighted by atomic mass is 16.5. The number of nitrogen functional groups attached to an aromatic ring is 1. The Morgan fingerprint density at radius 3 is 2.15 bits per heavy atom. The predicted molar refractivity (Wildman–Crippen MR) is 229 cm³/mol. The Labute approximate surface area is 357 Å². The largest absolute Gasteiger partial charge is 0.472 e. The van der Waals surface area contributed by atoms with Gasteiger partial charge in [-0.2, -0.15) is 0 Å². The number of hydrogen-bond acceptors (Lipinski definition) is 13. The Kier molecular flexibility index (Phi) is 22.3. The molecule has 3 rings (SSSR count). The van der Waals surface area contributed by atoms with Crippen LogP contribution in [0, 0.1) is 5.92 Å². The van der Waals surface area contributed by atoms with Crippen molar-refractivity contribution in [2.45, 2.75) is 111 Å². The van der Waals surface area contributed by atoms with Crippen LogP contribution in [0.25, 0.3) is 21.5 Å². The summed E-state index contributed by atoms with van der Waals surface area (Å²) in [5, 5.41) is 22.8. The van der Waals surface area contributed by atoms with Crippen LogP contribution in [-0.2, 0) is 52.9 Å². The number of aryl methyl sites for hydroxylation is 1. The molecule has 3 aromatic rings. The quantitative estimate of drug-likeness (QED) is 0.0279. The van der Waals surface area contributed by atoms with Gasteiger partial charge in [0, 0.05) is 50.4 Å². The van der Waals surface area contributed by atoms with Gasteiger partial charge in [0.25, 0.3) is 5.88 Å². The van der Waals surface area contributed by atoms with E-state index in [0.29, 0.717) is 76.1 Å². The van der Waals surface area contributed by atoms with Crippen molar-refractivity contribution in [3.8, 4) is 5.88 Å². The van der Waals surface area contributed by atoms with Crippen LogP contribution in [0.2, 0.25) is 0 Å². The molecule has 0 bridgehead atoms. The van der Waals surface area contributed by atoms with E-state index in [9.17, 15) is 19.2 Å². The van der Waals surface area contributed by atoms with Crippen LogP contribution in [0.4, 0.5) is 5.82 Å². The average Bonchev–Trinajstić information content (AvgIpc) is 3.59. The van der Waals surface area contributed by atoms with Gasteiger partial charge in [-0.05, 0) is 56.2 Å². The standard InChI is InChI=1S/C41H64N12O8/c1-7-8-10-32-48-36-37(41(61-28(4)5)51-50-38(36)42)53(32)26-31-15-13-30(14-16-31)25-45-39(56)29(6)47-40(57)35(27(2)3)49-34(55)12-9-11-33(54)44-17-19-58-21-23-60-24-22-59-20-18-46-52-43/h13-16,27-29,35H,7-12,17-26H2,1-6H3,(H2,42,50)(H,44,54)(H,45,56)(H,47,57)(H,49,55)/t29-,35-/m0/s1. The number of rotatable bonds is 30. The lowest BCUT2D eigenvalue weighted by Crippen LogP contribution is -2.54. The lowest BCUT2D eigenvalue weighted by molar-refractivity contribution is -0.132. The number of aromatic nitrogens is 4. The molecule has 0 saturated heterocycles. The van der Waals surface area contributed by atoms with E-state index in [2.05, 4.69) is 53.0 Å². The van der Waals surface area contributed by atoms with Crippen molar-refractivity contribution in [1.82, 2.24) is 41.0 Å². The number of imidazole rings is 1. The number of azide groups is 1. The van der Waals surface area contributed by atoms with E-state index < -0.39 is 18.0 Å². The van der Waals surface area contributed by atoms with Gasteiger partial charge in [0.15, 0.2) is 5.82 Å².